The van der Waals surface area contributed by atoms with E-state index in [9.17, 15) is 27.6 Å². The SMILES string of the molecule is Cc1nn(C)c(=O)n1-c1ccc(-n2cc3c(C(=O)Nc4cccc(C(N)=O)c4)cc(C(F)(F)F)cc3n2)cc1. The van der Waals surface area contributed by atoms with Crippen LogP contribution < -0.4 is 16.7 Å². The van der Waals surface area contributed by atoms with E-state index in [2.05, 4.69) is 15.5 Å². The van der Waals surface area contributed by atoms with Gasteiger partial charge in [0.25, 0.3) is 5.91 Å². The lowest BCUT2D eigenvalue weighted by Gasteiger charge is -2.11. The molecule has 0 atom stereocenters. The number of carbonyl (C=O) groups is 2. The molecule has 0 aliphatic carbocycles. The van der Waals surface area contributed by atoms with Crippen LogP contribution in [-0.4, -0.2) is 35.9 Å². The van der Waals surface area contributed by atoms with Gasteiger partial charge in [0, 0.05) is 29.9 Å². The van der Waals surface area contributed by atoms with Crippen molar-refractivity contribution in [1.29, 1.82) is 0 Å². The van der Waals surface area contributed by atoms with Crippen molar-refractivity contribution in [3.8, 4) is 11.4 Å². The first-order chi connectivity index (χ1) is 18.4. The third kappa shape index (κ3) is 4.77. The number of aromatic nitrogens is 5. The lowest BCUT2D eigenvalue weighted by atomic mass is 10.0. The fourth-order valence-corrected chi connectivity index (χ4v) is 4.20. The molecule has 5 aromatic rings. The van der Waals surface area contributed by atoms with Crippen LogP contribution in [0.5, 0.6) is 0 Å². The summed E-state index contributed by atoms with van der Waals surface area (Å²) in [5, 5.41) is 11.1. The highest BCUT2D eigenvalue weighted by Crippen LogP contribution is 2.34. The lowest BCUT2D eigenvalue weighted by Crippen LogP contribution is -2.21. The number of aryl methyl sites for hydroxylation is 2. The second kappa shape index (κ2) is 9.28. The van der Waals surface area contributed by atoms with Crippen LogP contribution in [0.4, 0.5) is 18.9 Å². The predicted octanol–water partition coefficient (Wildman–Crippen LogP) is 3.59. The van der Waals surface area contributed by atoms with Crippen LogP contribution in [0, 0.1) is 6.92 Å². The van der Waals surface area contributed by atoms with Crippen LogP contribution in [0.15, 0.2) is 71.7 Å². The Morgan fingerprint density at radius 2 is 1.67 bits per heavy atom. The second-order valence-corrected chi connectivity index (χ2v) is 8.73. The molecule has 0 saturated heterocycles. The van der Waals surface area contributed by atoms with Crippen LogP contribution >= 0.6 is 0 Å². The number of benzene rings is 3. The average molecular weight is 535 g/mol. The molecule has 0 unspecified atom stereocenters. The third-order valence-corrected chi connectivity index (χ3v) is 6.06. The Hall–Kier alpha value is -5.20. The summed E-state index contributed by atoms with van der Waals surface area (Å²) in [6, 6.07) is 13.9. The zero-order valence-electron chi connectivity index (χ0n) is 20.5. The molecule has 0 aliphatic heterocycles. The van der Waals surface area contributed by atoms with E-state index in [4.69, 9.17) is 5.73 Å². The van der Waals surface area contributed by atoms with Gasteiger partial charge in [-0.25, -0.2) is 18.7 Å². The monoisotopic (exact) mass is 535 g/mol. The molecule has 0 bridgehead atoms. The van der Waals surface area contributed by atoms with E-state index in [1.54, 1.807) is 31.2 Å². The minimum atomic E-state index is -4.73. The number of nitrogens with two attached hydrogens (primary N) is 1. The Kier molecular flexibility index (Phi) is 6.05. The van der Waals surface area contributed by atoms with Crippen molar-refractivity contribution in [2.24, 2.45) is 12.8 Å². The Morgan fingerprint density at radius 3 is 2.28 bits per heavy atom. The number of hydrogen-bond donors (Lipinski definition) is 2. The van der Waals surface area contributed by atoms with Gasteiger partial charge >= 0.3 is 11.9 Å². The maximum absolute atomic E-state index is 13.7. The van der Waals surface area contributed by atoms with E-state index in [1.165, 1.54) is 51.4 Å². The smallest absolute Gasteiger partial charge is 0.366 e. The van der Waals surface area contributed by atoms with E-state index >= 15 is 0 Å². The third-order valence-electron chi connectivity index (χ3n) is 6.06. The first-order valence-corrected chi connectivity index (χ1v) is 11.5. The summed E-state index contributed by atoms with van der Waals surface area (Å²) < 4.78 is 45.0. The maximum atomic E-state index is 13.7. The van der Waals surface area contributed by atoms with E-state index in [0.29, 0.717) is 17.2 Å². The van der Waals surface area contributed by atoms with Crippen LogP contribution in [0.1, 0.15) is 32.1 Å². The van der Waals surface area contributed by atoms with E-state index < -0.39 is 23.6 Å². The Morgan fingerprint density at radius 1 is 0.974 bits per heavy atom. The Balaban J connectivity index is 1.56. The first kappa shape index (κ1) is 25.4. The highest BCUT2D eigenvalue weighted by Gasteiger charge is 2.33. The molecule has 0 spiro atoms. The number of nitrogens with one attached hydrogen (secondary N) is 1. The summed E-state index contributed by atoms with van der Waals surface area (Å²) in [7, 11) is 1.53. The minimum Gasteiger partial charge on any atom is -0.366 e. The van der Waals surface area contributed by atoms with Crippen molar-refractivity contribution in [3.05, 3.63) is 99.9 Å². The number of fused-ring (bicyclic) bond motifs is 1. The van der Waals surface area contributed by atoms with Crippen molar-refractivity contribution in [2.75, 3.05) is 5.32 Å². The zero-order chi connectivity index (χ0) is 28.1. The molecule has 10 nitrogen and oxygen atoms in total. The molecule has 2 aromatic heterocycles. The molecule has 0 fully saturated rings. The topological polar surface area (TPSA) is 130 Å². The Labute approximate surface area is 218 Å². The van der Waals surface area contributed by atoms with Gasteiger partial charge in [0.05, 0.1) is 28.0 Å². The number of rotatable bonds is 5. The predicted molar refractivity (Wildman–Crippen MR) is 136 cm³/mol. The molecule has 3 aromatic carbocycles. The minimum absolute atomic E-state index is 0.0516. The number of primary amides is 1. The van der Waals surface area contributed by atoms with Gasteiger partial charge in [-0.1, -0.05) is 6.07 Å². The molecule has 3 N–H and O–H groups in total. The number of amides is 2. The van der Waals surface area contributed by atoms with E-state index in [1.807, 2.05) is 0 Å². The molecular formula is C26H20F3N7O3. The van der Waals surface area contributed by atoms with Gasteiger partial charge in [0.1, 0.15) is 5.82 Å². The molecule has 5 rings (SSSR count). The fourth-order valence-electron chi connectivity index (χ4n) is 4.20. The Bertz CT molecular complexity index is 1820. The molecule has 0 saturated carbocycles. The molecule has 0 aliphatic rings. The highest BCUT2D eigenvalue weighted by molar-refractivity contribution is 6.13. The quantitative estimate of drug-likeness (QED) is 0.355. The molecule has 2 heterocycles. The summed E-state index contributed by atoms with van der Waals surface area (Å²) in [6.45, 7) is 1.69. The summed E-state index contributed by atoms with van der Waals surface area (Å²) in [6.07, 6.45) is -3.28. The van der Waals surface area contributed by atoms with Crippen molar-refractivity contribution < 1.29 is 22.8 Å². The van der Waals surface area contributed by atoms with Crippen molar-refractivity contribution in [2.45, 2.75) is 13.1 Å². The highest BCUT2D eigenvalue weighted by atomic mass is 19.4. The zero-order valence-corrected chi connectivity index (χ0v) is 20.5. The summed E-state index contributed by atoms with van der Waals surface area (Å²) in [5.74, 6) is -1.06. The van der Waals surface area contributed by atoms with Crippen LogP contribution in [-0.2, 0) is 13.2 Å². The number of halogens is 3. The molecule has 2 amide bonds. The standard InChI is InChI=1S/C26H20F3N7O3/c1-14-32-34(2)25(39)36(14)19-8-6-18(7-9-19)35-13-21-20(11-16(26(27,28)29)12-22(21)33-35)24(38)31-17-5-3-4-15(10-17)23(30)37/h3-13H,1-2H3,(H2,30,37)(H,31,38). The fraction of sp³-hybridized carbons (Fsp3) is 0.115. The lowest BCUT2D eigenvalue weighted by molar-refractivity contribution is -0.137. The summed E-state index contributed by atoms with van der Waals surface area (Å²) in [5.41, 5.74) is 4.93. The van der Waals surface area contributed by atoms with Gasteiger partial charge < -0.3 is 11.1 Å². The van der Waals surface area contributed by atoms with E-state index in [-0.39, 0.29) is 33.4 Å². The summed E-state index contributed by atoms with van der Waals surface area (Å²) >= 11 is 0. The number of alkyl halides is 3. The average Bonchev–Trinajstić information content (AvgIpc) is 3.43. The number of hydrogen-bond acceptors (Lipinski definition) is 5. The van der Waals surface area contributed by atoms with Gasteiger partial charge in [-0.3, -0.25) is 9.59 Å². The van der Waals surface area contributed by atoms with Crippen molar-refractivity contribution >= 4 is 28.4 Å². The van der Waals surface area contributed by atoms with Crippen LogP contribution in [0.25, 0.3) is 22.3 Å². The molecule has 13 heteroatoms. The first-order valence-electron chi connectivity index (χ1n) is 11.5. The summed E-state index contributed by atoms with van der Waals surface area (Å²) in [4.78, 5) is 36.9. The van der Waals surface area contributed by atoms with E-state index in [0.717, 1.165) is 12.1 Å². The van der Waals surface area contributed by atoms with Gasteiger partial charge in [-0.15, -0.1) is 0 Å². The molecule has 39 heavy (non-hydrogen) atoms. The maximum Gasteiger partial charge on any atom is 0.416 e. The normalized spacial score (nSPS) is 11.6. The van der Waals surface area contributed by atoms with Gasteiger partial charge in [0.2, 0.25) is 5.91 Å². The second-order valence-electron chi connectivity index (χ2n) is 8.73. The number of carbonyl (C=O) groups excluding carboxylic acids is 2. The van der Waals surface area contributed by atoms with Gasteiger partial charge in [-0.05, 0) is 61.5 Å². The van der Waals surface area contributed by atoms with Gasteiger partial charge in [0.15, 0.2) is 0 Å². The van der Waals surface area contributed by atoms with Crippen molar-refractivity contribution in [1.82, 2.24) is 24.1 Å². The number of nitrogens with zero attached hydrogens (tertiary/aromatic N) is 5. The molecule has 198 valence electrons. The van der Waals surface area contributed by atoms with Crippen LogP contribution in [0.2, 0.25) is 0 Å². The molecular weight excluding hydrogens is 515 g/mol. The largest absolute Gasteiger partial charge is 0.416 e. The van der Waals surface area contributed by atoms with Crippen molar-refractivity contribution in [3.63, 3.8) is 0 Å². The molecule has 0 radical (unpaired) electrons. The van der Waals surface area contributed by atoms with Crippen LogP contribution in [0.3, 0.4) is 0 Å². The van der Waals surface area contributed by atoms with Gasteiger partial charge in [-0.2, -0.15) is 23.4 Å². The number of anilines is 1.